The van der Waals surface area contributed by atoms with Gasteiger partial charge in [-0.05, 0) is 25.3 Å². The Morgan fingerprint density at radius 2 is 2.31 bits per heavy atom. The molecule has 0 amide bonds. The summed E-state index contributed by atoms with van der Waals surface area (Å²) in [6.07, 6.45) is 6.77. The highest BCUT2D eigenvalue weighted by molar-refractivity contribution is 5.16. The molecule has 0 aliphatic heterocycles. The largest absolute Gasteiger partial charge is 0.448 e. The Bertz CT molecular complexity index is 343. The number of hydrogen-bond donors (Lipinski definition) is 1. The van der Waals surface area contributed by atoms with Gasteiger partial charge in [-0.2, -0.15) is 0 Å². The van der Waals surface area contributed by atoms with Crippen LogP contribution in [0, 0.1) is 5.41 Å². The molecule has 1 aliphatic carbocycles. The summed E-state index contributed by atoms with van der Waals surface area (Å²) in [5, 5.41) is 3.15. The van der Waals surface area contributed by atoms with Crippen LogP contribution in [0.25, 0.3) is 0 Å². The van der Waals surface area contributed by atoms with E-state index in [1.807, 2.05) is 7.05 Å². The van der Waals surface area contributed by atoms with E-state index in [-0.39, 0.29) is 0 Å². The third-order valence-electron chi connectivity index (χ3n) is 3.84. The molecule has 1 aromatic rings. The minimum atomic E-state index is 0.347. The first-order valence-electron chi connectivity index (χ1n) is 6.22. The number of nitrogens with one attached hydrogen (secondary N) is 1. The Morgan fingerprint density at radius 1 is 1.50 bits per heavy atom. The molecular formula is C13H22N2O. The van der Waals surface area contributed by atoms with Crippen molar-refractivity contribution < 1.29 is 4.42 Å². The highest BCUT2D eigenvalue weighted by Crippen LogP contribution is 2.47. The summed E-state index contributed by atoms with van der Waals surface area (Å²) in [6, 6.07) is 0. The maximum atomic E-state index is 5.64. The predicted octanol–water partition coefficient (Wildman–Crippen LogP) is 3.08. The highest BCUT2D eigenvalue weighted by atomic mass is 16.3. The number of rotatable bonds is 3. The monoisotopic (exact) mass is 222 g/mol. The Morgan fingerprint density at radius 3 is 3.00 bits per heavy atom. The maximum absolute atomic E-state index is 5.64. The molecule has 1 heterocycles. The quantitative estimate of drug-likeness (QED) is 0.854. The molecule has 1 unspecified atom stereocenters. The second-order valence-electron chi connectivity index (χ2n) is 5.48. The number of oxazole rings is 1. The molecule has 1 saturated carbocycles. The lowest BCUT2D eigenvalue weighted by Gasteiger charge is -2.37. The molecule has 3 nitrogen and oxygen atoms in total. The summed E-state index contributed by atoms with van der Waals surface area (Å²) in [5.41, 5.74) is 1.43. The van der Waals surface area contributed by atoms with Gasteiger partial charge < -0.3 is 9.73 Å². The first-order chi connectivity index (χ1) is 7.65. The molecular weight excluding hydrogens is 200 g/mol. The SMILES string of the molecule is CNCc1ncoc1C1CCCCC1(C)C. The first-order valence-corrected chi connectivity index (χ1v) is 6.22. The second-order valence-corrected chi connectivity index (χ2v) is 5.48. The van der Waals surface area contributed by atoms with Crippen LogP contribution < -0.4 is 5.32 Å². The van der Waals surface area contributed by atoms with Crippen molar-refractivity contribution in [1.29, 1.82) is 0 Å². The van der Waals surface area contributed by atoms with Crippen LogP contribution in [-0.4, -0.2) is 12.0 Å². The van der Waals surface area contributed by atoms with E-state index >= 15 is 0 Å². The van der Waals surface area contributed by atoms with Gasteiger partial charge in [0.2, 0.25) is 0 Å². The molecule has 1 atom stereocenters. The van der Waals surface area contributed by atoms with E-state index in [0.717, 1.165) is 18.0 Å². The zero-order valence-corrected chi connectivity index (χ0v) is 10.5. The van der Waals surface area contributed by atoms with Crippen molar-refractivity contribution in [2.75, 3.05) is 7.05 Å². The van der Waals surface area contributed by atoms with Crippen LogP contribution in [0.2, 0.25) is 0 Å². The fourth-order valence-corrected chi connectivity index (χ4v) is 2.84. The van der Waals surface area contributed by atoms with Crippen molar-refractivity contribution in [1.82, 2.24) is 10.3 Å². The van der Waals surface area contributed by atoms with Gasteiger partial charge in [-0.1, -0.05) is 26.7 Å². The molecule has 0 aromatic carbocycles. The lowest BCUT2D eigenvalue weighted by molar-refractivity contribution is 0.177. The molecule has 0 spiro atoms. The molecule has 3 heteroatoms. The first kappa shape index (κ1) is 11.6. The molecule has 16 heavy (non-hydrogen) atoms. The lowest BCUT2D eigenvalue weighted by atomic mass is 9.67. The van der Waals surface area contributed by atoms with Crippen molar-refractivity contribution in [2.45, 2.75) is 52.0 Å². The Hall–Kier alpha value is -0.830. The van der Waals surface area contributed by atoms with Crippen molar-refractivity contribution in [3.05, 3.63) is 17.8 Å². The number of hydrogen-bond acceptors (Lipinski definition) is 3. The van der Waals surface area contributed by atoms with Gasteiger partial charge in [-0.3, -0.25) is 0 Å². The summed E-state index contributed by atoms with van der Waals surface area (Å²) in [5.74, 6) is 1.64. The van der Waals surface area contributed by atoms with E-state index in [4.69, 9.17) is 4.42 Å². The minimum absolute atomic E-state index is 0.347. The van der Waals surface area contributed by atoms with E-state index < -0.39 is 0 Å². The summed E-state index contributed by atoms with van der Waals surface area (Å²) in [6.45, 7) is 5.50. The average molecular weight is 222 g/mol. The fourth-order valence-electron chi connectivity index (χ4n) is 2.84. The van der Waals surface area contributed by atoms with Gasteiger partial charge in [0.1, 0.15) is 5.76 Å². The van der Waals surface area contributed by atoms with E-state index in [1.54, 1.807) is 6.39 Å². The Labute approximate surface area is 97.6 Å². The van der Waals surface area contributed by atoms with Gasteiger partial charge in [-0.15, -0.1) is 0 Å². The van der Waals surface area contributed by atoms with Crippen molar-refractivity contribution in [2.24, 2.45) is 5.41 Å². The van der Waals surface area contributed by atoms with Crippen LogP contribution in [0.4, 0.5) is 0 Å². The molecule has 90 valence electrons. The predicted molar refractivity (Wildman–Crippen MR) is 64.3 cm³/mol. The van der Waals surface area contributed by atoms with E-state index in [9.17, 15) is 0 Å². The topological polar surface area (TPSA) is 38.1 Å². The van der Waals surface area contributed by atoms with Crippen molar-refractivity contribution >= 4 is 0 Å². The second kappa shape index (κ2) is 4.58. The maximum Gasteiger partial charge on any atom is 0.181 e. The summed E-state index contributed by atoms with van der Waals surface area (Å²) < 4.78 is 5.64. The molecule has 1 aliphatic rings. The third-order valence-corrected chi connectivity index (χ3v) is 3.84. The molecule has 1 aromatic heterocycles. The summed E-state index contributed by atoms with van der Waals surface area (Å²) >= 11 is 0. The Balaban J connectivity index is 2.24. The standard InChI is InChI=1S/C13H22N2O/c1-13(2)7-5-4-6-10(13)12-11(8-14-3)15-9-16-12/h9-10,14H,4-8H2,1-3H3. The average Bonchev–Trinajstić information content (AvgIpc) is 2.66. The summed E-state index contributed by atoms with van der Waals surface area (Å²) in [4.78, 5) is 4.32. The number of aromatic nitrogens is 1. The van der Waals surface area contributed by atoms with Gasteiger partial charge >= 0.3 is 0 Å². The third kappa shape index (κ3) is 2.14. The van der Waals surface area contributed by atoms with Gasteiger partial charge in [0.15, 0.2) is 6.39 Å². The zero-order valence-electron chi connectivity index (χ0n) is 10.5. The summed E-state index contributed by atoms with van der Waals surface area (Å²) in [7, 11) is 1.95. The smallest absolute Gasteiger partial charge is 0.181 e. The van der Waals surface area contributed by atoms with Gasteiger partial charge in [-0.25, -0.2) is 4.98 Å². The van der Waals surface area contributed by atoms with Crippen molar-refractivity contribution in [3.8, 4) is 0 Å². The lowest BCUT2D eigenvalue weighted by Crippen LogP contribution is -2.27. The molecule has 0 saturated heterocycles. The highest BCUT2D eigenvalue weighted by Gasteiger charge is 2.36. The Kier molecular flexibility index (Phi) is 3.33. The molecule has 0 radical (unpaired) electrons. The van der Waals surface area contributed by atoms with Crippen LogP contribution in [0.15, 0.2) is 10.8 Å². The fraction of sp³-hybridized carbons (Fsp3) is 0.769. The van der Waals surface area contributed by atoms with Crippen LogP contribution in [0.1, 0.15) is 56.9 Å². The normalized spacial score (nSPS) is 24.6. The van der Waals surface area contributed by atoms with Gasteiger partial charge in [0, 0.05) is 12.5 Å². The zero-order chi connectivity index (χ0) is 11.6. The molecule has 2 rings (SSSR count). The van der Waals surface area contributed by atoms with Crippen LogP contribution in [0.5, 0.6) is 0 Å². The van der Waals surface area contributed by atoms with Crippen molar-refractivity contribution in [3.63, 3.8) is 0 Å². The van der Waals surface area contributed by atoms with Gasteiger partial charge in [0.25, 0.3) is 0 Å². The van der Waals surface area contributed by atoms with Crippen LogP contribution in [-0.2, 0) is 6.54 Å². The molecule has 1 N–H and O–H groups in total. The van der Waals surface area contributed by atoms with Gasteiger partial charge in [0.05, 0.1) is 5.69 Å². The van der Waals surface area contributed by atoms with E-state index in [0.29, 0.717) is 11.3 Å². The van der Waals surface area contributed by atoms with Crippen LogP contribution >= 0.6 is 0 Å². The van der Waals surface area contributed by atoms with E-state index in [2.05, 4.69) is 24.1 Å². The van der Waals surface area contributed by atoms with Crippen LogP contribution in [0.3, 0.4) is 0 Å². The molecule has 1 fully saturated rings. The minimum Gasteiger partial charge on any atom is -0.448 e. The van der Waals surface area contributed by atoms with E-state index in [1.165, 1.54) is 25.7 Å². The molecule has 0 bridgehead atoms. The number of nitrogens with zero attached hydrogens (tertiary/aromatic N) is 1.